The maximum absolute atomic E-state index is 12.2. The van der Waals surface area contributed by atoms with Gasteiger partial charge in [-0.05, 0) is 52.6 Å². The summed E-state index contributed by atoms with van der Waals surface area (Å²) in [5, 5.41) is 18.3. The number of likely N-dealkylation sites (tertiary alicyclic amines) is 2. The van der Waals surface area contributed by atoms with Crippen molar-refractivity contribution >= 4 is 17.8 Å². The highest BCUT2D eigenvalue weighted by Gasteiger charge is 2.44. The molecule has 0 aromatic carbocycles. The lowest BCUT2D eigenvalue weighted by Gasteiger charge is -2.46. The minimum Gasteiger partial charge on any atom is -0.475 e. The van der Waals surface area contributed by atoms with Crippen molar-refractivity contribution in [3.05, 3.63) is 17.0 Å². The molecular formula is C22H32F6N4O6. The number of aliphatic carboxylic acids is 2. The summed E-state index contributed by atoms with van der Waals surface area (Å²) in [6.45, 7) is 8.65. The number of halogens is 6. The van der Waals surface area contributed by atoms with Crippen LogP contribution in [0.5, 0.6) is 0 Å². The molecule has 10 nitrogen and oxygen atoms in total. The van der Waals surface area contributed by atoms with Crippen LogP contribution in [0, 0.1) is 13.8 Å². The molecule has 0 aliphatic carbocycles. The topological polar surface area (TPSA) is 127 Å². The van der Waals surface area contributed by atoms with E-state index in [-0.39, 0.29) is 11.4 Å². The quantitative estimate of drug-likeness (QED) is 0.533. The molecule has 1 aromatic heterocycles. The molecule has 1 unspecified atom stereocenters. The van der Waals surface area contributed by atoms with E-state index < -0.39 is 24.3 Å². The van der Waals surface area contributed by atoms with Gasteiger partial charge in [0, 0.05) is 38.3 Å². The van der Waals surface area contributed by atoms with Gasteiger partial charge >= 0.3 is 24.3 Å². The molecule has 1 atom stereocenters. The lowest BCUT2D eigenvalue weighted by Crippen LogP contribution is -2.57. The standard InChI is InChI=1S/C18H30N4O2.2C2HF3O2/c1-14-16(15(2)24-19-14)11-21-9-5-7-18(13-21)8-6-10-22(18)12-17(23)20(3)4;2*3-2(4,5)1(6)7/h5-13H2,1-4H3;2*(H,6,7). The number of amides is 1. The summed E-state index contributed by atoms with van der Waals surface area (Å²) >= 11 is 0. The summed E-state index contributed by atoms with van der Waals surface area (Å²) in [6.07, 6.45) is -5.38. The molecule has 2 saturated heterocycles. The molecule has 1 aromatic rings. The Labute approximate surface area is 215 Å². The molecule has 2 aliphatic heterocycles. The zero-order valence-electron chi connectivity index (χ0n) is 21.4. The number of hydrogen-bond donors (Lipinski definition) is 2. The molecular weight excluding hydrogens is 530 g/mol. The van der Waals surface area contributed by atoms with Crippen molar-refractivity contribution in [3.63, 3.8) is 0 Å². The Bertz CT molecular complexity index is 922. The Hall–Kier alpha value is -2.88. The van der Waals surface area contributed by atoms with Gasteiger partial charge < -0.3 is 19.6 Å². The monoisotopic (exact) mass is 562 g/mol. The Morgan fingerprint density at radius 1 is 0.974 bits per heavy atom. The largest absolute Gasteiger partial charge is 0.490 e. The van der Waals surface area contributed by atoms with Crippen molar-refractivity contribution in [2.24, 2.45) is 0 Å². The van der Waals surface area contributed by atoms with Crippen molar-refractivity contribution < 1.29 is 55.5 Å². The normalized spacial score (nSPS) is 20.3. The Balaban J connectivity index is 0.000000426. The Morgan fingerprint density at radius 3 is 1.84 bits per heavy atom. The van der Waals surface area contributed by atoms with Crippen LogP contribution in [-0.2, 0) is 20.9 Å². The number of carboxylic acids is 2. The van der Waals surface area contributed by atoms with E-state index in [2.05, 4.69) is 15.0 Å². The molecule has 0 saturated carbocycles. The van der Waals surface area contributed by atoms with E-state index in [4.69, 9.17) is 24.3 Å². The third-order valence-electron chi connectivity index (χ3n) is 6.25. The van der Waals surface area contributed by atoms with Crippen molar-refractivity contribution in [1.29, 1.82) is 0 Å². The Morgan fingerprint density at radius 2 is 1.45 bits per heavy atom. The highest BCUT2D eigenvalue weighted by Crippen LogP contribution is 2.37. The van der Waals surface area contributed by atoms with Crippen LogP contribution in [0.2, 0.25) is 0 Å². The molecule has 38 heavy (non-hydrogen) atoms. The fraction of sp³-hybridized carbons (Fsp3) is 0.727. The first-order chi connectivity index (χ1) is 17.3. The van der Waals surface area contributed by atoms with Crippen LogP contribution in [0.15, 0.2) is 4.52 Å². The van der Waals surface area contributed by atoms with Gasteiger partial charge in [-0.2, -0.15) is 26.3 Å². The third kappa shape index (κ3) is 9.78. The number of hydrogen-bond acceptors (Lipinski definition) is 7. The van der Waals surface area contributed by atoms with Gasteiger partial charge in [0.25, 0.3) is 0 Å². The van der Waals surface area contributed by atoms with Gasteiger partial charge in [-0.3, -0.25) is 14.6 Å². The van der Waals surface area contributed by atoms with Gasteiger partial charge in [-0.15, -0.1) is 0 Å². The number of likely N-dealkylation sites (N-methyl/N-ethyl adjacent to an activating group) is 1. The second-order valence-electron chi connectivity index (χ2n) is 9.26. The van der Waals surface area contributed by atoms with Gasteiger partial charge in [0.15, 0.2) is 0 Å². The zero-order valence-corrected chi connectivity index (χ0v) is 21.4. The van der Waals surface area contributed by atoms with Gasteiger partial charge in [0.1, 0.15) is 5.76 Å². The summed E-state index contributed by atoms with van der Waals surface area (Å²) in [5.74, 6) is -4.38. The number of aromatic nitrogens is 1. The second-order valence-corrected chi connectivity index (χ2v) is 9.26. The van der Waals surface area contributed by atoms with Gasteiger partial charge in [0.05, 0.1) is 12.2 Å². The average molecular weight is 563 g/mol. The van der Waals surface area contributed by atoms with Gasteiger partial charge in [-0.1, -0.05) is 5.16 Å². The fourth-order valence-electron chi connectivity index (χ4n) is 4.30. The van der Waals surface area contributed by atoms with Crippen LogP contribution in [0.3, 0.4) is 0 Å². The summed E-state index contributed by atoms with van der Waals surface area (Å²) in [6, 6.07) is 0. The first kappa shape index (κ1) is 33.1. The van der Waals surface area contributed by atoms with Crippen molar-refractivity contribution in [2.75, 3.05) is 40.3 Å². The summed E-state index contributed by atoms with van der Waals surface area (Å²) < 4.78 is 68.8. The molecule has 2 fully saturated rings. The van der Waals surface area contributed by atoms with E-state index in [0.717, 1.165) is 37.6 Å². The molecule has 1 spiro atoms. The SMILES string of the molecule is Cc1noc(C)c1CN1CCCC2(CCCN2CC(=O)N(C)C)C1.O=C(O)C(F)(F)F.O=C(O)C(F)(F)F. The lowest BCUT2D eigenvalue weighted by molar-refractivity contribution is -0.193. The van der Waals surface area contributed by atoms with Crippen LogP contribution in [0.1, 0.15) is 42.7 Å². The fourth-order valence-corrected chi connectivity index (χ4v) is 4.30. The molecule has 3 rings (SSSR count). The van der Waals surface area contributed by atoms with E-state index in [0.29, 0.717) is 6.54 Å². The summed E-state index contributed by atoms with van der Waals surface area (Å²) in [7, 11) is 3.69. The maximum atomic E-state index is 12.2. The predicted molar refractivity (Wildman–Crippen MR) is 120 cm³/mol. The molecule has 2 N–H and O–H groups in total. The maximum Gasteiger partial charge on any atom is 0.490 e. The zero-order chi connectivity index (χ0) is 29.5. The Kier molecular flexibility index (Phi) is 11.6. The van der Waals surface area contributed by atoms with Crippen molar-refractivity contribution in [1.82, 2.24) is 19.9 Å². The van der Waals surface area contributed by atoms with Crippen LogP contribution in [-0.4, -0.2) is 106 Å². The van der Waals surface area contributed by atoms with Crippen LogP contribution >= 0.6 is 0 Å². The average Bonchev–Trinajstić information content (AvgIpc) is 3.30. The smallest absolute Gasteiger partial charge is 0.475 e. The molecule has 2 aliphatic rings. The van der Waals surface area contributed by atoms with E-state index in [9.17, 15) is 31.1 Å². The van der Waals surface area contributed by atoms with Gasteiger partial charge in [0.2, 0.25) is 5.91 Å². The van der Waals surface area contributed by atoms with E-state index in [1.54, 1.807) is 4.90 Å². The molecule has 3 heterocycles. The van der Waals surface area contributed by atoms with E-state index in [1.807, 2.05) is 27.9 Å². The number of carbonyl (C=O) groups excluding carboxylic acids is 1. The number of carboxylic acid groups (broad SMARTS) is 2. The van der Waals surface area contributed by atoms with E-state index in [1.165, 1.54) is 31.2 Å². The highest BCUT2D eigenvalue weighted by atomic mass is 19.4. The number of nitrogens with zero attached hydrogens (tertiary/aromatic N) is 4. The first-order valence-electron chi connectivity index (χ1n) is 11.5. The predicted octanol–water partition coefficient (Wildman–Crippen LogP) is 3.08. The molecule has 0 bridgehead atoms. The summed E-state index contributed by atoms with van der Waals surface area (Å²) in [5.41, 5.74) is 2.39. The number of carbonyl (C=O) groups is 3. The van der Waals surface area contributed by atoms with Gasteiger partial charge in [-0.25, -0.2) is 9.59 Å². The summed E-state index contributed by atoms with van der Waals surface area (Å²) in [4.78, 5) is 36.7. The van der Waals surface area contributed by atoms with Crippen molar-refractivity contribution in [3.8, 4) is 0 Å². The number of piperidine rings is 1. The van der Waals surface area contributed by atoms with Crippen LogP contribution in [0.4, 0.5) is 26.3 Å². The molecule has 1 amide bonds. The first-order valence-corrected chi connectivity index (χ1v) is 11.5. The second kappa shape index (κ2) is 13.3. The number of rotatable bonds is 4. The van der Waals surface area contributed by atoms with Crippen LogP contribution in [0.25, 0.3) is 0 Å². The highest BCUT2D eigenvalue weighted by molar-refractivity contribution is 5.77. The lowest BCUT2D eigenvalue weighted by atomic mass is 9.86. The molecule has 218 valence electrons. The minimum atomic E-state index is -5.08. The number of alkyl halides is 6. The van der Waals surface area contributed by atoms with Crippen molar-refractivity contribution in [2.45, 2.75) is 64.0 Å². The number of aryl methyl sites for hydroxylation is 2. The van der Waals surface area contributed by atoms with E-state index >= 15 is 0 Å². The molecule has 16 heteroatoms. The third-order valence-corrected chi connectivity index (χ3v) is 6.25. The van der Waals surface area contributed by atoms with Crippen LogP contribution < -0.4 is 0 Å². The minimum absolute atomic E-state index is 0.170. The molecule has 0 radical (unpaired) electrons.